The standard InChI is InChI=1S/C20H24N4O4S/c1-5-29(27,28)15-6-8-18(25)17(11-15)22-20(26)9-7-16-13(3)21-19-10-12(2)23-24(19)14(16)4/h6,8,10-11,25H,5,7,9H2,1-4H3,(H,22,26). The quantitative estimate of drug-likeness (QED) is 0.597. The fraction of sp³-hybridized carbons (Fsp3) is 0.350. The van der Waals surface area contributed by atoms with Gasteiger partial charge in [0, 0.05) is 23.9 Å². The van der Waals surface area contributed by atoms with E-state index in [-0.39, 0.29) is 34.4 Å². The summed E-state index contributed by atoms with van der Waals surface area (Å²) in [7, 11) is -3.44. The molecule has 2 aromatic heterocycles. The number of hydrogen-bond acceptors (Lipinski definition) is 6. The average molecular weight is 417 g/mol. The van der Waals surface area contributed by atoms with Gasteiger partial charge in [0.15, 0.2) is 15.5 Å². The summed E-state index contributed by atoms with van der Waals surface area (Å²) < 4.78 is 25.8. The molecule has 9 heteroatoms. The molecule has 1 aromatic carbocycles. The van der Waals surface area contributed by atoms with Crippen molar-refractivity contribution < 1.29 is 18.3 Å². The van der Waals surface area contributed by atoms with Crippen LogP contribution in [0.1, 0.15) is 36.0 Å². The molecule has 8 nitrogen and oxygen atoms in total. The number of phenolic OH excluding ortho intramolecular Hbond substituents is 1. The highest BCUT2D eigenvalue weighted by molar-refractivity contribution is 7.91. The second kappa shape index (κ2) is 7.82. The lowest BCUT2D eigenvalue weighted by Gasteiger charge is -2.12. The van der Waals surface area contributed by atoms with Crippen molar-refractivity contribution in [2.45, 2.75) is 45.4 Å². The fourth-order valence-corrected chi connectivity index (χ4v) is 4.14. The van der Waals surface area contributed by atoms with E-state index in [2.05, 4.69) is 15.4 Å². The number of sulfone groups is 1. The largest absolute Gasteiger partial charge is 0.506 e. The number of nitrogens with zero attached hydrogens (tertiary/aromatic N) is 3. The molecule has 0 spiro atoms. The van der Waals surface area contributed by atoms with Crippen LogP contribution in [0.25, 0.3) is 5.65 Å². The Morgan fingerprint density at radius 2 is 1.93 bits per heavy atom. The molecule has 3 rings (SSSR count). The van der Waals surface area contributed by atoms with E-state index in [1.165, 1.54) is 25.1 Å². The molecule has 1 amide bonds. The van der Waals surface area contributed by atoms with E-state index in [1.807, 2.05) is 26.8 Å². The Morgan fingerprint density at radius 3 is 2.62 bits per heavy atom. The average Bonchev–Trinajstić information content (AvgIpc) is 3.03. The van der Waals surface area contributed by atoms with Gasteiger partial charge in [-0.3, -0.25) is 4.79 Å². The van der Waals surface area contributed by atoms with Gasteiger partial charge in [0.05, 0.1) is 22.0 Å². The second-order valence-electron chi connectivity index (χ2n) is 6.95. The third-order valence-corrected chi connectivity index (χ3v) is 6.60. The van der Waals surface area contributed by atoms with Crippen LogP contribution in [-0.2, 0) is 21.1 Å². The minimum absolute atomic E-state index is 0.0588. The molecular weight excluding hydrogens is 392 g/mol. The first-order valence-electron chi connectivity index (χ1n) is 9.30. The van der Waals surface area contributed by atoms with Gasteiger partial charge in [-0.1, -0.05) is 6.92 Å². The molecule has 0 saturated heterocycles. The van der Waals surface area contributed by atoms with Crippen LogP contribution < -0.4 is 5.32 Å². The number of amides is 1. The molecule has 0 fully saturated rings. The maximum absolute atomic E-state index is 12.4. The predicted octanol–water partition coefficient (Wildman–Crippen LogP) is 2.73. The Labute approximate surface area is 169 Å². The number of nitrogens with one attached hydrogen (secondary N) is 1. The molecule has 0 aliphatic carbocycles. The van der Waals surface area contributed by atoms with Gasteiger partial charge < -0.3 is 10.4 Å². The van der Waals surface area contributed by atoms with Crippen molar-refractivity contribution in [1.29, 1.82) is 0 Å². The summed E-state index contributed by atoms with van der Waals surface area (Å²) in [6.45, 7) is 7.27. The highest BCUT2D eigenvalue weighted by atomic mass is 32.2. The van der Waals surface area contributed by atoms with E-state index in [0.717, 1.165) is 28.3 Å². The summed E-state index contributed by atoms with van der Waals surface area (Å²) in [5.41, 5.74) is 4.40. The molecule has 0 aliphatic heterocycles. The molecule has 2 N–H and O–H groups in total. The Kier molecular flexibility index (Phi) is 5.61. The lowest BCUT2D eigenvalue weighted by Crippen LogP contribution is -2.15. The number of carbonyl (C=O) groups excluding carboxylic acids is 1. The lowest BCUT2D eigenvalue weighted by molar-refractivity contribution is -0.116. The van der Waals surface area contributed by atoms with Gasteiger partial charge in [0.25, 0.3) is 0 Å². The Bertz CT molecular complexity index is 1200. The first-order chi connectivity index (χ1) is 13.6. The topological polar surface area (TPSA) is 114 Å². The third-order valence-electron chi connectivity index (χ3n) is 4.87. The summed E-state index contributed by atoms with van der Waals surface area (Å²) in [5, 5.41) is 17.0. The van der Waals surface area contributed by atoms with Crippen molar-refractivity contribution in [1.82, 2.24) is 14.6 Å². The predicted molar refractivity (Wildman–Crippen MR) is 110 cm³/mol. The number of hydrogen-bond donors (Lipinski definition) is 2. The van der Waals surface area contributed by atoms with Gasteiger partial charge in [-0.2, -0.15) is 5.10 Å². The first-order valence-corrected chi connectivity index (χ1v) is 11.0. The number of aromatic hydroxyl groups is 1. The minimum atomic E-state index is -3.44. The first kappa shape index (κ1) is 20.8. The molecule has 154 valence electrons. The number of rotatable bonds is 6. The van der Waals surface area contributed by atoms with E-state index in [9.17, 15) is 18.3 Å². The zero-order valence-electron chi connectivity index (χ0n) is 16.9. The van der Waals surface area contributed by atoms with Crippen LogP contribution in [-0.4, -0.2) is 39.8 Å². The summed E-state index contributed by atoms with van der Waals surface area (Å²) in [4.78, 5) is 17.0. The second-order valence-corrected chi connectivity index (χ2v) is 9.23. The van der Waals surface area contributed by atoms with Crippen LogP contribution in [0.4, 0.5) is 5.69 Å². The Balaban J connectivity index is 1.77. The van der Waals surface area contributed by atoms with Crippen molar-refractivity contribution in [3.05, 3.63) is 46.9 Å². The molecule has 2 heterocycles. The molecule has 0 saturated carbocycles. The van der Waals surface area contributed by atoms with Crippen molar-refractivity contribution in [3.8, 4) is 5.75 Å². The van der Waals surface area contributed by atoms with E-state index in [0.29, 0.717) is 6.42 Å². The fourth-order valence-electron chi connectivity index (χ4n) is 3.23. The monoisotopic (exact) mass is 416 g/mol. The van der Waals surface area contributed by atoms with Crippen molar-refractivity contribution in [3.63, 3.8) is 0 Å². The molecule has 0 radical (unpaired) electrons. The van der Waals surface area contributed by atoms with Crippen molar-refractivity contribution in [2.75, 3.05) is 11.1 Å². The zero-order valence-corrected chi connectivity index (χ0v) is 17.7. The Hall–Kier alpha value is -2.94. The molecule has 3 aromatic rings. The SMILES string of the molecule is CCS(=O)(=O)c1ccc(O)c(NC(=O)CCc2c(C)nc3cc(C)nn3c2C)c1. The molecule has 0 bridgehead atoms. The van der Waals surface area contributed by atoms with Gasteiger partial charge in [-0.15, -0.1) is 0 Å². The van der Waals surface area contributed by atoms with Crippen LogP contribution in [0.3, 0.4) is 0 Å². The summed E-state index contributed by atoms with van der Waals surface area (Å²) >= 11 is 0. The van der Waals surface area contributed by atoms with E-state index < -0.39 is 9.84 Å². The van der Waals surface area contributed by atoms with E-state index in [4.69, 9.17) is 0 Å². The maximum Gasteiger partial charge on any atom is 0.224 e. The van der Waals surface area contributed by atoms with Crippen molar-refractivity contribution in [2.24, 2.45) is 0 Å². The molecular formula is C20H24N4O4S. The van der Waals surface area contributed by atoms with Gasteiger partial charge in [-0.25, -0.2) is 17.9 Å². The number of benzene rings is 1. The normalized spacial score (nSPS) is 11.7. The van der Waals surface area contributed by atoms with E-state index >= 15 is 0 Å². The van der Waals surface area contributed by atoms with Gasteiger partial charge in [0.2, 0.25) is 5.91 Å². The van der Waals surface area contributed by atoms with Gasteiger partial charge in [0.1, 0.15) is 5.75 Å². The van der Waals surface area contributed by atoms with Crippen LogP contribution in [0.15, 0.2) is 29.2 Å². The molecule has 0 unspecified atom stereocenters. The van der Waals surface area contributed by atoms with Crippen LogP contribution >= 0.6 is 0 Å². The van der Waals surface area contributed by atoms with Crippen LogP contribution in [0.2, 0.25) is 0 Å². The number of carbonyl (C=O) groups is 1. The lowest BCUT2D eigenvalue weighted by atomic mass is 10.1. The molecule has 29 heavy (non-hydrogen) atoms. The number of anilines is 1. The number of phenols is 1. The summed E-state index contributed by atoms with van der Waals surface area (Å²) in [6, 6.07) is 5.77. The van der Waals surface area contributed by atoms with Crippen LogP contribution in [0, 0.1) is 20.8 Å². The molecule has 0 aliphatic rings. The van der Waals surface area contributed by atoms with Crippen molar-refractivity contribution >= 4 is 27.1 Å². The van der Waals surface area contributed by atoms with Crippen LogP contribution in [0.5, 0.6) is 5.75 Å². The highest BCUT2D eigenvalue weighted by Crippen LogP contribution is 2.27. The number of aryl methyl sites for hydroxylation is 3. The summed E-state index contributed by atoms with van der Waals surface area (Å²) in [6.07, 6.45) is 0.596. The number of fused-ring (bicyclic) bond motifs is 1. The van der Waals surface area contributed by atoms with Gasteiger partial charge in [-0.05, 0) is 51.0 Å². The minimum Gasteiger partial charge on any atom is -0.506 e. The maximum atomic E-state index is 12.4. The van der Waals surface area contributed by atoms with E-state index in [1.54, 1.807) is 4.52 Å². The smallest absolute Gasteiger partial charge is 0.224 e. The number of aromatic nitrogens is 3. The summed E-state index contributed by atoms with van der Waals surface area (Å²) in [5.74, 6) is -0.579. The third kappa shape index (κ3) is 4.24. The van der Waals surface area contributed by atoms with Gasteiger partial charge >= 0.3 is 0 Å². The Morgan fingerprint density at radius 1 is 1.21 bits per heavy atom. The highest BCUT2D eigenvalue weighted by Gasteiger charge is 2.17. The zero-order chi connectivity index (χ0) is 21.3. The molecule has 0 atom stereocenters.